The van der Waals surface area contributed by atoms with Crippen LogP contribution in [0, 0.1) is 17.8 Å². The minimum atomic E-state index is -3.26. The Balaban J connectivity index is 2.27. The van der Waals surface area contributed by atoms with Crippen LogP contribution in [0.25, 0.3) is 0 Å². The molecule has 0 N–H and O–H groups in total. The molecule has 0 aromatic carbocycles. The van der Waals surface area contributed by atoms with E-state index in [1.165, 1.54) is 0 Å². The van der Waals surface area contributed by atoms with E-state index in [-0.39, 0.29) is 5.75 Å². The standard InChI is InChI=1S/C8H15ClO2S/c1-6(2)8-3-7(4-8)5-12(9,10)11/h6-8H,3-5H2,1-2H3. The second-order valence-corrected chi connectivity index (χ2v) is 6.87. The summed E-state index contributed by atoms with van der Waals surface area (Å²) in [6.45, 7) is 4.35. The van der Waals surface area contributed by atoms with Crippen LogP contribution in [0.2, 0.25) is 0 Å². The Morgan fingerprint density at radius 2 is 1.92 bits per heavy atom. The van der Waals surface area contributed by atoms with Crippen molar-refractivity contribution in [2.24, 2.45) is 17.8 Å². The van der Waals surface area contributed by atoms with E-state index < -0.39 is 9.05 Å². The summed E-state index contributed by atoms with van der Waals surface area (Å²) in [5.41, 5.74) is 0. The van der Waals surface area contributed by atoms with Crippen LogP contribution in [0.3, 0.4) is 0 Å². The van der Waals surface area contributed by atoms with Gasteiger partial charge < -0.3 is 0 Å². The predicted molar refractivity (Wildman–Crippen MR) is 50.7 cm³/mol. The predicted octanol–water partition coefficient (Wildman–Crippen LogP) is 2.24. The number of rotatable bonds is 3. The highest BCUT2D eigenvalue weighted by molar-refractivity contribution is 8.13. The van der Waals surface area contributed by atoms with Crippen molar-refractivity contribution in [1.82, 2.24) is 0 Å². The van der Waals surface area contributed by atoms with Gasteiger partial charge in [-0.25, -0.2) is 8.42 Å². The van der Waals surface area contributed by atoms with E-state index in [0.29, 0.717) is 17.8 Å². The topological polar surface area (TPSA) is 34.1 Å². The molecule has 12 heavy (non-hydrogen) atoms. The van der Waals surface area contributed by atoms with Crippen LogP contribution < -0.4 is 0 Å². The lowest BCUT2D eigenvalue weighted by molar-refractivity contribution is 0.158. The Hall–Kier alpha value is 0.240. The molecule has 0 amide bonds. The lowest BCUT2D eigenvalue weighted by Crippen LogP contribution is -2.31. The minimum Gasteiger partial charge on any atom is -0.212 e. The van der Waals surface area contributed by atoms with Gasteiger partial charge in [-0.2, -0.15) is 0 Å². The largest absolute Gasteiger partial charge is 0.232 e. The molecule has 1 rings (SSSR count). The molecule has 1 saturated carbocycles. The summed E-state index contributed by atoms with van der Waals surface area (Å²) < 4.78 is 21.4. The van der Waals surface area contributed by atoms with Gasteiger partial charge >= 0.3 is 0 Å². The Labute approximate surface area is 78.7 Å². The molecule has 0 bridgehead atoms. The van der Waals surface area contributed by atoms with Gasteiger partial charge in [0.2, 0.25) is 9.05 Å². The highest BCUT2D eigenvalue weighted by Crippen LogP contribution is 2.39. The quantitative estimate of drug-likeness (QED) is 0.670. The maximum Gasteiger partial charge on any atom is 0.232 e. The molecule has 0 unspecified atom stereocenters. The van der Waals surface area contributed by atoms with Crippen LogP contribution in [0.15, 0.2) is 0 Å². The summed E-state index contributed by atoms with van der Waals surface area (Å²) in [7, 11) is 1.88. The third kappa shape index (κ3) is 2.94. The minimum absolute atomic E-state index is 0.164. The zero-order valence-corrected chi connectivity index (χ0v) is 9.03. The first-order valence-electron chi connectivity index (χ1n) is 4.31. The molecule has 0 aromatic heterocycles. The van der Waals surface area contributed by atoms with Crippen molar-refractivity contribution >= 4 is 19.7 Å². The molecule has 72 valence electrons. The Morgan fingerprint density at radius 1 is 1.42 bits per heavy atom. The van der Waals surface area contributed by atoms with Crippen LogP contribution >= 0.6 is 10.7 Å². The molecule has 1 aliphatic carbocycles. The van der Waals surface area contributed by atoms with Gasteiger partial charge in [0.1, 0.15) is 0 Å². The van der Waals surface area contributed by atoms with Crippen molar-refractivity contribution < 1.29 is 8.42 Å². The highest BCUT2D eigenvalue weighted by atomic mass is 35.7. The van der Waals surface area contributed by atoms with Crippen LogP contribution in [0.5, 0.6) is 0 Å². The molecule has 0 radical (unpaired) electrons. The van der Waals surface area contributed by atoms with Crippen LogP contribution in [0.4, 0.5) is 0 Å². The van der Waals surface area contributed by atoms with E-state index in [0.717, 1.165) is 12.8 Å². The van der Waals surface area contributed by atoms with Crippen molar-refractivity contribution in [3.8, 4) is 0 Å². The maximum atomic E-state index is 10.7. The summed E-state index contributed by atoms with van der Waals surface area (Å²) in [6, 6.07) is 0. The molecule has 2 nitrogen and oxygen atoms in total. The van der Waals surface area contributed by atoms with E-state index in [4.69, 9.17) is 10.7 Å². The van der Waals surface area contributed by atoms with Gasteiger partial charge in [-0.15, -0.1) is 0 Å². The molecule has 0 aromatic rings. The summed E-state index contributed by atoms with van der Waals surface area (Å²) in [6.07, 6.45) is 2.06. The molecule has 0 atom stereocenters. The second-order valence-electron chi connectivity index (χ2n) is 4.05. The van der Waals surface area contributed by atoms with E-state index >= 15 is 0 Å². The molecule has 0 aliphatic heterocycles. The van der Waals surface area contributed by atoms with Crippen molar-refractivity contribution in [2.45, 2.75) is 26.7 Å². The van der Waals surface area contributed by atoms with Crippen LogP contribution in [0.1, 0.15) is 26.7 Å². The van der Waals surface area contributed by atoms with Gasteiger partial charge in [0, 0.05) is 10.7 Å². The SMILES string of the molecule is CC(C)C1CC(CS(=O)(=O)Cl)C1. The van der Waals surface area contributed by atoms with Gasteiger partial charge in [0.05, 0.1) is 5.75 Å². The van der Waals surface area contributed by atoms with Gasteiger partial charge in [0.25, 0.3) is 0 Å². The van der Waals surface area contributed by atoms with E-state index in [2.05, 4.69) is 13.8 Å². The van der Waals surface area contributed by atoms with Gasteiger partial charge in [-0.3, -0.25) is 0 Å². The lowest BCUT2D eigenvalue weighted by Gasteiger charge is -2.37. The zero-order chi connectivity index (χ0) is 9.35. The van der Waals surface area contributed by atoms with Gasteiger partial charge in [-0.1, -0.05) is 13.8 Å². The fraction of sp³-hybridized carbons (Fsp3) is 1.00. The van der Waals surface area contributed by atoms with Crippen LogP contribution in [-0.2, 0) is 9.05 Å². The second kappa shape index (κ2) is 3.54. The molecule has 1 aliphatic rings. The first-order valence-corrected chi connectivity index (χ1v) is 6.78. The molecule has 0 saturated heterocycles. The van der Waals surface area contributed by atoms with Crippen molar-refractivity contribution in [1.29, 1.82) is 0 Å². The number of halogens is 1. The van der Waals surface area contributed by atoms with E-state index in [1.807, 2.05) is 0 Å². The molecule has 0 spiro atoms. The first kappa shape index (κ1) is 10.3. The molecular weight excluding hydrogens is 196 g/mol. The van der Waals surface area contributed by atoms with Crippen LogP contribution in [-0.4, -0.2) is 14.2 Å². The number of hydrogen-bond acceptors (Lipinski definition) is 2. The van der Waals surface area contributed by atoms with E-state index in [9.17, 15) is 8.42 Å². The van der Waals surface area contributed by atoms with Gasteiger partial charge in [-0.05, 0) is 30.6 Å². The lowest BCUT2D eigenvalue weighted by atomic mass is 9.70. The first-order chi connectivity index (χ1) is 5.38. The van der Waals surface area contributed by atoms with Crippen molar-refractivity contribution in [3.63, 3.8) is 0 Å². The summed E-state index contributed by atoms with van der Waals surface area (Å²) >= 11 is 0. The average molecular weight is 211 g/mol. The summed E-state index contributed by atoms with van der Waals surface area (Å²) in [5, 5.41) is 0. The third-order valence-corrected chi connectivity index (χ3v) is 3.90. The Kier molecular flexibility index (Phi) is 3.05. The molecular formula is C8H15ClO2S. The fourth-order valence-corrected chi connectivity index (χ4v) is 3.12. The molecule has 0 heterocycles. The smallest absolute Gasteiger partial charge is 0.212 e. The summed E-state index contributed by atoms with van der Waals surface area (Å²) in [4.78, 5) is 0. The van der Waals surface area contributed by atoms with E-state index in [1.54, 1.807) is 0 Å². The zero-order valence-electron chi connectivity index (χ0n) is 7.46. The maximum absolute atomic E-state index is 10.7. The Morgan fingerprint density at radius 3 is 2.25 bits per heavy atom. The molecule has 4 heteroatoms. The summed E-state index contributed by atoms with van der Waals surface area (Å²) in [5.74, 6) is 1.88. The highest BCUT2D eigenvalue weighted by Gasteiger charge is 2.33. The fourth-order valence-electron chi connectivity index (χ4n) is 1.75. The number of hydrogen-bond donors (Lipinski definition) is 0. The van der Waals surface area contributed by atoms with Crippen molar-refractivity contribution in [3.05, 3.63) is 0 Å². The Bertz CT molecular complexity index is 240. The third-order valence-electron chi connectivity index (χ3n) is 2.65. The average Bonchev–Trinajstić information content (AvgIpc) is 1.74. The molecule has 1 fully saturated rings. The van der Waals surface area contributed by atoms with Gasteiger partial charge in [0.15, 0.2) is 0 Å². The monoisotopic (exact) mass is 210 g/mol. The normalized spacial score (nSPS) is 30.3. The van der Waals surface area contributed by atoms with Crippen molar-refractivity contribution in [2.75, 3.05) is 5.75 Å².